The average molecular weight is 231 g/mol. The average Bonchev–Trinajstić information content (AvgIpc) is 2.28. The molecule has 0 aromatic heterocycles. The fourth-order valence-electron chi connectivity index (χ4n) is 0.949. The lowest BCUT2D eigenvalue weighted by Gasteiger charge is -2.14. The highest BCUT2D eigenvalue weighted by atomic mass is 16.5. The number of hydrogen-bond acceptors (Lipinski definition) is 4. The van der Waals surface area contributed by atoms with E-state index in [1.807, 2.05) is 6.92 Å². The molecule has 0 atom stereocenters. The molecule has 0 heterocycles. The zero-order valence-electron chi connectivity index (χ0n) is 10.2. The maximum Gasteiger partial charge on any atom is 0.236 e. The molecular weight excluding hydrogens is 210 g/mol. The first-order valence-electron chi connectivity index (χ1n) is 5.32. The molecule has 94 valence electrons. The molecule has 0 saturated heterocycles. The van der Waals surface area contributed by atoms with Crippen LogP contribution in [0.25, 0.3) is 0 Å². The summed E-state index contributed by atoms with van der Waals surface area (Å²) in [4.78, 5) is 24.1. The van der Waals surface area contributed by atoms with Crippen LogP contribution in [0.5, 0.6) is 0 Å². The molecule has 0 spiro atoms. The fourth-order valence-corrected chi connectivity index (χ4v) is 0.949. The first-order chi connectivity index (χ1) is 7.61. The van der Waals surface area contributed by atoms with Gasteiger partial charge in [0.2, 0.25) is 11.8 Å². The molecule has 0 unspecified atom stereocenters. The number of rotatable bonds is 8. The summed E-state index contributed by atoms with van der Waals surface area (Å²) in [5.74, 6) is -0.156. The number of carbonyl (C=O) groups excluding carboxylic acids is 2. The molecule has 2 N–H and O–H groups in total. The second kappa shape index (κ2) is 9.11. The third-order valence-electron chi connectivity index (χ3n) is 2.09. The van der Waals surface area contributed by atoms with Gasteiger partial charge in [-0.3, -0.25) is 14.9 Å². The van der Waals surface area contributed by atoms with E-state index < -0.39 is 0 Å². The van der Waals surface area contributed by atoms with Crippen molar-refractivity contribution in [1.29, 1.82) is 0 Å². The maximum absolute atomic E-state index is 11.3. The van der Waals surface area contributed by atoms with Gasteiger partial charge in [-0.05, 0) is 6.92 Å². The largest absolute Gasteiger partial charge is 0.383 e. The van der Waals surface area contributed by atoms with E-state index >= 15 is 0 Å². The van der Waals surface area contributed by atoms with Crippen LogP contribution >= 0.6 is 0 Å². The summed E-state index contributed by atoms with van der Waals surface area (Å²) >= 11 is 0. The van der Waals surface area contributed by atoms with E-state index in [4.69, 9.17) is 4.74 Å². The molecule has 0 aromatic rings. The Balaban J connectivity index is 3.50. The van der Waals surface area contributed by atoms with Gasteiger partial charge in [-0.15, -0.1) is 0 Å². The van der Waals surface area contributed by atoms with Gasteiger partial charge < -0.3 is 15.0 Å². The molecular formula is C10H21N3O3. The van der Waals surface area contributed by atoms with Crippen molar-refractivity contribution in [2.45, 2.75) is 6.92 Å². The zero-order valence-corrected chi connectivity index (χ0v) is 10.2. The van der Waals surface area contributed by atoms with Crippen LogP contribution in [0.1, 0.15) is 6.92 Å². The second-order valence-electron chi connectivity index (χ2n) is 3.35. The summed E-state index contributed by atoms with van der Waals surface area (Å²) in [6.45, 7) is 3.87. The van der Waals surface area contributed by atoms with Gasteiger partial charge in [0.1, 0.15) is 0 Å². The zero-order chi connectivity index (χ0) is 12.4. The summed E-state index contributed by atoms with van der Waals surface area (Å²) < 4.78 is 4.79. The number of methoxy groups -OCH3 is 1. The summed E-state index contributed by atoms with van der Waals surface area (Å²) in [5.41, 5.74) is 0. The van der Waals surface area contributed by atoms with Crippen LogP contribution in [0.2, 0.25) is 0 Å². The highest BCUT2D eigenvalue weighted by Gasteiger charge is 2.06. The molecule has 6 nitrogen and oxygen atoms in total. The van der Waals surface area contributed by atoms with Crippen LogP contribution in [0.4, 0.5) is 0 Å². The van der Waals surface area contributed by atoms with Crippen LogP contribution < -0.4 is 10.6 Å². The van der Waals surface area contributed by atoms with Gasteiger partial charge in [0.05, 0.1) is 19.7 Å². The minimum absolute atomic E-state index is 0.0211. The topological polar surface area (TPSA) is 70.7 Å². The molecule has 0 aliphatic carbocycles. The van der Waals surface area contributed by atoms with Gasteiger partial charge in [-0.25, -0.2) is 0 Å². The second-order valence-corrected chi connectivity index (χ2v) is 3.35. The molecule has 0 rings (SSSR count). The first-order valence-corrected chi connectivity index (χ1v) is 5.32. The molecule has 6 heteroatoms. The fraction of sp³-hybridized carbons (Fsp3) is 0.800. The number of nitrogens with zero attached hydrogens (tertiary/aromatic N) is 1. The normalized spacial score (nSPS) is 9.94. The maximum atomic E-state index is 11.3. The summed E-state index contributed by atoms with van der Waals surface area (Å²) in [6, 6.07) is 0. The van der Waals surface area contributed by atoms with Gasteiger partial charge in [0.15, 0.2) is 0 Å². The molecule has 0 radical (unpaired) electrons. The molecule has 0 bridgehead atoms. The Kier molecular flexibility index (Phi) is 8.46. The van der Waals surface area contributed by atoms with Gasteiger partial charge >= 0.3 is 0 Å². The lowest BCUT2D eigenvalue weighted by molar-refractivity contribution is -0.128. The summed E-state index contributed by atoms with van der Waals surface area (Å²) in [7, 11) is 3.30. The number of nitrogens with one attached hydrogen (secondary N) is 2. The minimum atomic E-state index is -0.135. The van der Waals surface area contributed by atoms with Crippen molar-refractivity contribution in [2.24, 2.45) is 0 Å². The van der Waals surface area contributed by atoms with E-state index in [0.29, 0.717) is 19.7 Å². The van der Waals surface area contributed by atoms with E-state index in [0.717, 1.165) is 0 Å². The lowest BCUT2D eigenvalue weighted by Crippen LogP contribution is -2.40. The Bertz CT molecular complexity index is 221. The Labute approximate surface area is 96.3 Å². The van der Waals surface area contributed by atoms with Crippen LogP contribution in [-0.2, 0) is 14.3 Å². The van der Waals surface area contributed by atoms with Crippen LogP contribution in [0.15, 0.2) is 0 Å². The molecule has 0 aliphatic heterocycles. The van der Waals surface area contributed by atoms with E-state index in [9.17, 15) is 9.59 Å². The predicted octanol–water partition coefficient (Wildman–Crippen LogP) is -1.18. The summed E-state index contributed by atoms with van der Waals surface area (Å²) in [6.07, 6.45) is 0. The quantitative estimate of drug-likeness (QED) is 0.516. The first kappa shape index (κ1) is 14.9. The van der Waals surface area contributed by atoms with Crippen LogP contribution in [0, 0.1) is 0 Å². The van der Waals surface area contributed by atoms with E-state index in [2.05, 4.69) is 10.6 Å². The van der Waals surface area contributed by atoms with Crippen molar-refractivity contribution < 1.29 is 14.3 Å². The van der Waals surface area contributed by atoms with Crippen LogP contribution in [-0.4, -0.2) is 63.7 Å². The third kappa shape index (κ3) is 7.19. The smallest absolute Gasteiger partial charge is 0.236 e. The standard InChI is InChI=1S/C10H21N3O3/c1-4-13(2)10(15)8-11-7-9(14)12-5-6-16-3/h11H,4-8H2,1-3H3,(H,12,14). The monoisotopic (exact) mass is 231 g/mol. The number of ether oxygens (including phenoxy) is 1. The molecule has 0 fully saturated rings. The van der Waals surface area contributed by atoms with Gasteiger partial charge in [0.25, 0.3) is 0 Å². The number of hydrogen-bond donors (Lipinski definition) is 2. The molecule has 0 saturated carbocycles. The van der Waals surface area contributed by atoms with Crippen molar-refractivity contribution in [3.05, 3.63) is 0 Å². The molecule has 0 aromatic carbocycles. The Hall–Kier alpha value is -1.14. The molecule has 0 aliphatic rings. The lowest BCUT2D eigenvalue weighted by atomic mass is 10.4. The van der Waals surface area contributed by atoms with Gasteiger partial charge in [0, 0.05) is 27.2 Å². The van der Waals surface area contributed by atoms with Gasteiger partial charge in [-0.2, -0.15) is 0 Å². The van der Waals surface area contributed by atoms with Gasteiger partial charge in [-0.1, -0.05) is 0 Å². The van der Waals surface area contributed by atoms with E-state index in [-0.39, 0.29) is 24.9 Å². The SMILES string of the molecule is CCN(C)C(=O)CNCC(=O)NCCOC. The highest BCUT2D eigenvalue weighted by molar-refractivity contribution is 5.80. The minimum Gasteiger partial charge on any atom is -0.383 e. The number of carbonyl (C=O) groups is 2. The van der Waals surface area contributed by atoms with Crippen molar-refractivity contribution in [2.75, 3.05) is 46.9 Å². The molecule has 2 amide bonds. The predicted molar refractivity (Wildman–Crippen MR) is 61.1 cm³/mol. The third-order valence-corrected chi connectivity index (χ3v) is 2.09. The number of likely N-dealkylation sites (N-methyl/N-ethyl adjacent to an activating group) is 1. The Morgan fingerprint density at radius 3 is 2.56 bits per heavy atom. The highest BCUT2D eigenvalue weighted by Crippen LogP contribution is 1.81. The summed E-state index contributed by atoms with van der Waals surface area (Å²) in [5, 5.41) is 5.43. The molecule has 16 heavy (non-hydrogen) atoms. The van der Waals surface area contributed by atoms with Crippen molar-refractivity contribution in [3.8, 4) is 0 Å². The van der Waals surface area contributed by atoms with Crippen LogP contribution in [0.3, 0.4) is 0 Å². The number of amides is 2. The van der Waals surface area contributed by atoms with Crippen molar-refractivity contribution in [1.82, 2.24) is 15.5 Å². The Morgan fingerprint density at radius 2 is 2.00 bits per heavy atom. The van der Waals surface area contributed by atoms with Crippen molar-refractivity contribution >= 4 is 11.8 Å². The Morgan fingerprint density at radius 1 is 1.31 bits per heavy atom. The van der Waals surface area contributed by atoms with E-state index in [1.54, 1.807) is 19.1 Å². The van der Waals surface area contributed by atoms with Crippen molar-refractivity contribution in [3.63, 3.8) is 0 Å². The van der Waals surface area contributed by atoms with E-state index in [1.165, 1.54) is 0 Å².